The van der Waals surface area contributed by atoms with Crippen molar-refractivity contribution < 1.29 is 0 Å². The van der Waals surface area contributed by atoms with Crippen molar-refractivity contribution in [3.63, 3.8) is 0 Å². The van der Waals surface area contributed by atoms with Crippen LogP contribution in [-0.2, 0) is 6.54 Å². The van der Waals surface area contributed by atoms with Gasteiger partial charge in [-0.25, -0.2) is 9.97 Å². The SMILES string of the molecule is CCN(CC)c1ccc(CNC(=NC)N2CCC(C)C(n3ccnc3)C2)cn1.I. The van der Waals surface area contributed by atoms with Crippen LogP contribution in [0.25, 0.3) is 0 Å². The molecule has 3 rings (SSSR count). The van der Waals surface area contributed by atoms with Gasteiger partial charge >= 0.3 is 0 Å². The van der Waals surface area contributed by atoms with E-state index < -0.39 is 0 Å². The van der Waals surface area contributed by atoms with Crippen LogP contribution in [0.15, 0.2) is 42.0 Å². The lowest BCUT2D eigenvalue weighted by Gasteiger charge is -2.39. The van der Waals surface area contributed by atoms with E-state index in [2.05, 4.69) is 73.7 Å². The van der Waals surface area contributed by atoms with Gasteiger partial charge in [0.15, 0.2) is 5.96 Å². The average Bonchev–Trinajstić information content (AvgIpc) is 3.26. The molecule has 0 radical (unpaired) electrons. The lowest BCUT2D eigenvalue weighted by molar-refractivity contribution is 0.189. The number of guanidine groups is 1. The van der Waals surface area contributed by atoms with Crippen LogP contribution >= 0.6 is 24.0 Å². The average molecular weight is 511 g/mol. The first kappa shape index (κ1) is 23.4. The molecule has 3 heterocycles. The fourth-order valence-corrected chi connectivity index (χ4v) is 3.86. The van der Waals surface area contributed by atoms with Gasteiger partial charge in [0.25, 0.3) is 0 Å². The Morgan fingerprint density at radius 3 is 2.69 bits per heavy atom. The van der Waals surface area contributed by atoms with Crippen LogP contribution in [0.2, 0.25) is 0 Å². The van der Waals surface area contributed by atoms with Gasteiger partial charge in [-0.2, -0.15) is 0 Å². The van der Waals surface area contributed by atoms with E-state index in [1.807, 2.05) is 25.8 Å². The number of halogens is 1. The van der Waals surface area contributed by atoms with Crippen LogP contribution in [0, 0.1) is 5.92 Å². The topological polar surface area (TPSA) is 61.6 Å². The van der Waals surface area contributed by atoms with Gasteiger partial charge in [0.1, 0.15) is 5.82 Å². The molecule has 1 aliphatic heterocycles. The Balaban J connectivity index is 0.00000300. The van der Waals surface area contributed by atoms with Gasteiger partial charge in [-0.1, -0.05) is 13.0 Å². The van der Waals surface area contributed by atoms with Crippen LogP contribution in [0.5, 0.6) is 0 Å². The molecule has 29 heavy (non-hydrogen) atoms. The minimum absolute atomic E-state index is 0. The molecular weight excluding hydrogens is 477 g/mol. The molecule has 160 valence electrons. The van der Waals surface area contributed by atoms with Gasteiger partial charge in [-0.3, -0.25) is 4.99 Å². The number of pyridine rings is 1. The Bertz CT molecular complexity index is 741. The van der Waals surface area contributed by atoms with Crippen molar-refractivity contribution in [3.05, 3.63) is 42.6 Å². The van der Waals surface area contributed by atoms with Crippen molar-refractivity contribution in [2.45, 2.75) is 39.8 Å². The van der Waals surface area contributed by atoms with Crippen molar-refractivity contribution in [1.82, 2.24) is 24.8 Å². The summed E-state index contributed by atoms with van der Waals surface area (Å²) < 4.78 is 2.22. The highest BCUT2D eigenvalue weighted by Gasteiger charge is 2.28. The normalized spacial score (nSPS) is 19.6. The molecular formula is C21H34IN7. The lowest BCUT2D eigenvalue weighted by Crippen LogP contribution is -2.48. The van der Waals surface area contributed by atoms with Gasteiger partial charge in [0.05, 0.1) is 12.4 Å². The van der Waals surface area contributed by atoms with Crippen LogP contribution in [0.3, 0.4) is 0 Å². The largest absolute Gasteiger partial charge is 0.357 e. The van der Waals surface area contributed by atoms with E-state index in [1.54, 1.807) is 0 Å². The summed E-state index contributed by atoms with van der Waals surface area (Å²) in [6.45, 7) is 11.3. The number of hydrogen-bond donors (Lipinski definition) is 1. The highest BCUT2D eigenvalue weighted by Crippen LogP contribution is 2.27. The van der Waals surface area contributed by atoms with Crippen molar-refractivity contribution in [1.29, 1.82) is 0 Å². The van der Waals surface area contributed by atoms with Crippen molar-refractivity contribution in [2.24, 2.45) is 10.9 Å². The summed E-state index contributed by atoms with van der Waals surface area (Å²) in [6, 6.07) is 4.67. The van der Waals surface area contributed by atoms with Gasteiger partial charge in [0.2, 0.25) is 0 Å². The summed E-state index contributed by atoms with van der Waals surface area (Å²) >= 11 is 0. The van der Waals surface area contributed by atoms with Gasteiger partial charge < -0.3 is 19.7 Å². The van der Waals surface area contributed by atoms with E-state index in [4.69, 9.17) is 0 Å². The number of anilines is 1. The first-order chi connectivity index (χ1) is 13.7. The number of aromatic nitrogens is 3. The first-order valence-electron chi connectivity index (χ1n) is 10.3. The summed E-state index contributed by atoms with van der Waals surface area (Å²) in [7, 11) is 1.86. The van der Waals surface area contributed by atoms with Crippen molar-refractivity contribution >= 4 is 35.8 Å². The molecule has 1 N–H and O–H groups in total. The Labute approximate surface area is 191 Å². The van der Waals surface area contributed by atoms with Crippen LogP contribution in [0.4, 0.5) is 5.82 Å². The fourth-order valence-electron chi connectivity index (χ4n) is 3.86. The second-order valence-corrected chi connectivity index (χ2v) is 7.39. The molecule has 0 aromatic carbocycles. The van der Waals surface area contributed by atoms with Crippen molar-refractivity contribution in [2.75, 3.05) is 38.1 Å². The van der Waals surface area contributed by atoms with E-state index in [0.29, 0.717) is 12.0 Å². The number of rotatable bonds is 6. The second kappa shape index (κ2) is 11.4. The van der Waals surface area contributed by atoms with Gasteiger partial charge in [-0.05, 0) is 37.8 Å². The zero-order valence-electron chi connectivity index (χ0n) is 18.0. The van der Waals surface area contributed by atoms with Gasteiger partial charge in [0, 0.05) is 58.4 Å². The summed E-state index contributed by atoms with van der Waals surface area (Å²) in [5, 5.41) is 3.51. The molecule has 2 atom stereocenters. The van der Waals surface area contributed by atoms with Crippen LogP contribution in [0.1, 0.15) is 38.8 Å². The van der Waals surface area contributed by atoms with E-state index in [-0.39, 0.29) is 24.0 Å². The minimum atomic E-state index is 0. The quantitative estimate of drug-likeness (QED) is 0.366. The number of nitrogens with one attached hydrogen (secondary N) is 1. The molecule has 1 fully saturated rings. The third-order valence-electron chi connectivity index (χ3n) is 5.68. The molecule has 0 amide bonds. The Kier molecular flexibility index (Phi) is 9.19. The fraction of sp³-hybridized carbons (Fsp3) is 0.571. The summed E-state index contributed by atoms with van der Waals surface area (Å²) in [5.41, 5.74) is 1.16. The van der Waals surface area contributed by atoms with E-state index >= 15 is 0 Å². The van der Waals surface area contributed by atoms with Crippen LogP contribution < -0.4 is 10.2 Å². The van der Waals surface area contributed by atoms with Gasteiger partial charge in [-0.15, -0.1) is 24.0 Å². The molecule has 8 heteroatoms. The molecule has 1 saturated heterocycles. The predicted octanol–water partition coefficient (Wildman–Crippen LogP) is 3.40. The summed E-state index contributed by atoms with van der Waals surface area (Å²) in [5.74, 6) is 2.61. The molecule has 0 spiro atoms. The zero-order chi connectivity index (χ0) is 19.9. The number of aliphatic imine (C=N–C) groups is 1. The van der Waals surface area contributed by atoms with Crippen molar-refractivity contribution in [3.8, 4) is 0 Å². The molecule has 2 aromatic rings. The molecule has 0 aliphatic carbocycles. The highest BCUT2D eigenvalue weighted by molar-refractivity contribution is 14.0. The maximum atomic E-state index is 4.61. The molecule has 0 bridgehead atoms. The summed E-state index contributed by atoms with van der Waals surface area (Å²) in [6.07, 6.45) is 8.94. The molecule has 0 saturated carbocycles. The Morgan fingerprint density at radius 1 is 1.31 bits per heavy atom. The predicted molar refractivity (Wildman–Crippen MR) is 130 cm³/mol. The first-order valence-corrected chi connectivity index (χ1v) is 10.3. The minimum Gasteiger partial charge on any atom is -0.357 e. The number of nitrogens with zero attached hydrogens (tertiary/aromatic N) is 6. The molecule has 7 nitrogen and oxygen atoms in total. The lowest BCUT2D eigenvalue weighted by atomic mass is 9.93. The number of likely N-dealkylation sites (tertiary alicyclic amines) is 1. The van der Waals surface area contributed by atoms with Crippen LogP contribution in [-0.4, -0.2) is 58.6 Å². The monoisotopic (exact) mass is 511 g/mol. The maximum absolute atomic E-state index is 4.61. The van der Waals surface area contributed by atoms with E-state index in [9.17, 15) is 0 Å². The number of piperidine rings is 1. The van der Waals surface area contributed by atoms with E-state index in [1.165, 1.54) is 0 Å². The molecule has 1 aliphatic rings. The Hall–Kier alpha value is -1.84. The highest BCUT2D eigenvalue weighted by atomic mass is 127. The Morgan fingerprint density at radius 2 is 2.10 bits per heavy atom. The molecule has 2 aromatic heterocycles. The second-order valence-electron chi connectivity index (χ2n) is 7.39. The third kappa shape index (κ3) is 5.83. The third-order valence-corrected chi connectivity index (χ3v) is 5.68. The zero-order valence-corrected chi connectivity index (χ0v) is 20.3. The summed E-state index contributed by atoms with van der Waals surface area (Å²) in [4.78, 5) is 18.0. The number of imidazole rings is 1. The number of hydrogen-bond acceptors (Lipinski definition) is 4. The standard InChI is InChI=1S/C21H33N7.HI/c1-5-26(6-2)20-8-7-18(13-24-20)14-25-21(22-4)27-11-9-17(3)19(15-27)28-12-10-23-16-28;/h7-8,10,12-13,16-17,19H,5-6,9,11,14-15H2,1-4H3,(H,22,25);1H. The smallest absolute Gasteiger partial charge is 0.193 e. The molecule has 2 unspecified atom stereocenters. The maximum Gasteiger partial charge on any atom is 0.193 e. The van der Waals surface area contributed by atoms with E-state index in [0.717, 1.165) is 56.5 Å².